The van der Waals surface area contributed by atoms with Crippen molar-refractivity contribution >= 4 is 5.78 Å². The van der Waals surface area contributed by atoms with Crippen molar-refractivity contribution in [2.24, 2.45) is 34.5 Å². The molecule has 0 saturated heterocycles. The summed E-state index contributed by atoms with van der Waals surface area (Å²) in [6, 6.07) is 0. The Hall–Kier alpha value is -0.410. The van der Waals surface area contributed by atoms with Crippen LogP contribution in [0.5, 0.6) is 0 Å². The Bertz CT molecular complexity index is 489. The van der Waals surface area contributed by atoms with Gasteiger partial charge in [-0.25, -0.2) is 0 Å². The second-order valence-electron chi connectivity index (χ2n) is 9.20. The SMILES string of the molecule is C[C@]12CC[C@H](O)C[C@@H]1CC[C@H]1[C@H]3CC[C@H](O)[C@]3(C)CC(=O)[C@@H]12. The summed E-state index contributed by atoms with van der Waals surface area (Å²) in [5.74, 6) is 2.10. The summed E-state index contributed by atoms with van der Waals surface area (Å²) in [6.45, 7) is 4.48. The number of carbonyl (C=O) groups excluding carboxylic acids is 1. The maximum Gasteiger partial charge on any atom is 0.137 e. The lowest BCUT2D eigenvalue weighted by Gasteiger charge is -2.59. The van der Waals surface area contributed by atoms with Gasteiger partial charge in [0.2, 0.25) is 0 Å². The van der Waals surface area contributed by atoms with Crippen molar-refractivity contribution in [1.29, 1.82) is 0 Å². The number of hydrogen-bond donors (Lipinski definition) is 2. The first-order chi connectivity index (χ1) is 10.4. The van der Waals surface area contributed by atoms with E-state index in [0.717, 1.165) is 44.9 Å². The minimum Gasteiger partial charge on any atom is -0.393 e. The summed E-state index contributed by atoms with van der Waals surface area (Å²) in [5.41, 5.74) is -0.0796. The summed E-state index contributed by atoms with van der Waals surface area (Å²) in [4.78, 5) is 13.1. The molecule has 0 aromatic heterocycles. The van der Waals surface area contributed by atoms with E-state index in [9.17, 15) is 15.0 Å². The third-order valence-electron chi connectivity index (χ3n) is 8.27. The van der Waals surface area contributed by atoms with Gasteiger partial charge in [-0.3, -0.25) is 4.79 Å². The molecular weight excluding hydrogens is 276 g/mol. The van der Waals surface area contributed by atoms with Gasteiger partial charge >= 0.3 is 0 Å². The van der Waals surface area contributed by atoms with Crippen molar-refractivity contribution < 1.29 is 15.0 Å². The molecule has 0 spiro atoms. The lowest BCUT2D eigenvalue weighted by Crippen LogP contribution is -2.58. The van der Waals surface area contributed by atoms with Gasteiger partial charge < -0.3 is 10.2 Å². The van der Waals surface area contributed by atoms with Crippen LogP contribution in [0.1, 0.15) is 65.2 Å². The van der Waals surface area contributed by atoms with Crippen LogP contribution in [0, 0.1) is 34.5 Å². The summed E-state index contributed by atoms with van der Waals surface area (Å²) in [5, 5.41) is 20.5. The number of fused-ring (bicyclic) bond motifs is 5. The third kappa shape index (κ3) is 1.84. The van der Waals surface area contributed by atoms with E-state index in [1.807, 2.05) is 0 Å². The molecule has 0 aliphatic heterocycles. The minimum atomic E-state index is -0.291. The number of aliphatic hydroxyl groups is 2. The van der Waals surface area contributed by atoms with Crippen LogP contribution in [0.25, 0.3) is 0 Å². The van der Waals surface area contributed by atoms with Crippen molar-refractivity contribution in [3.8, 4) is 0 Å². The Morgan fingerprint density at radius 3 is 2.55 bits per heavy atom. The zero-order valence-corrected chi connectivity index (χ0v) is 13.9. The van der Waals surface area contributed by atoms with E-state index >= 15 is 0 Å². The molecule has 0 bridgehead atoms. The fourth-order valence-electron chi connectivity index (χ4n) is 7.03. The van der Waals surface area contributed by atoms with E-state index in [4.69, 9.17) is 0 Å². The van der Waals surface area contributed by atoms with Crippen molar-refractivity contribution in [2.75, 3.05) is 0 Å². The van der Waals surface area contributed by atoms with Crippen LogP contribution in [0.2, 0.25) is 0 Å². The Morgan fingerprint density at radius 1 is 1.00 bits per heavy atom. The zero-order valence-electron chi connectivity index (χ0n) is 13.9. The summed E-state index contributed by atoms with van der Waals surface area (Å²) in [6.07, 6.45) is 7.11. The van der Waals surface area contributed by atoms with Crippen molar-refractivity contribution in [3.63, 3.8) is 0 Å². The Labute approximate surface area is 133 Å². The average molecular weight is 306 g/mol. The quantitative estimate of drug-likeness (QED) is 0.723. The van der Waals surface area contributed by atoms with Gasteiger partial charge in [0.05, 0.1) is 12.2 Å². The van der Waals surface area contributed by atoms with E-state index in [1.54, 1.807) is 0 Å². The Balaban J connectivity index is 1.69. The van der Waals surface area contributed by atoms with Gasteiger partial charge in [0.1, 0.15) is 5.78 Å². The second-order valence-corrected chi connectivity index (χ2v) is 9.20. The smallest absolute Gasteiger partial charge is 0.137 e. The minimum absolute atomic E-state index is 0.0914. The lowest BCUT2D eigenvalue weighted by molar-refractivity contribution is -0.164. The highest BCUT2D eigenvalue weighted by atomic mass is 16.3. The molecule has 0 radical (unpaired) electrons. The molecule has 3 nitrogen and oxygen atoms in total. The molecule has 0 aromatic carbocycles. The van der Waals surface area contributed by atoms with Crippen molar-refractivity contribution in [3.05, 3.63) is 0 Å². The molecule has 0 aromatic rings. The van der Waals surface area contributed by atoms with Gasteiger partial charge in [0, 0.05) is 17.8 Å². The topological polar surface area (TPSA) is 57.5 Å². The van der Waals surface area contributed by atoms with Gasteiger partial charge in [-0.15, -0.1) is 0 Å². The number of aliphatic hydroxyl groups excluding tert-OH is 2. The van der Waals surface area contributed by atoms with Gasteiger partial charge in [-0.2, -0.15) is 0 Å². The van der Waals surface area contributed by atoms with E-state index in [-0.39, 0.29) is 29.0 Å². The molecule has 124 valence electrons. The molecule has 2 N–H and O–H groups in total. The van der Waals surface area contributed by atoms with Crippen LogP contribution in [-0.2, 0) is 4.79 Å². The predicted octanol–water partition coefficient (Wildman–Crippen LogP) is 2.93. The van der Waals surface area contributed by atoms with E-state index in [1.165, 1.54) is 0 Å². The number of hydrogen-bond acceptors (Lipinski definition) is 3. The second kappa shape index (κ2) is 4.80. The Morgan fingerprint density at radius 2 is 1.77 bits per heavy atom. The zero-order chi connectivity index (χ0) is 15.7. The molecule has 0 heterocycles. The number of carbonyl (C=O) groups is 1. The maximum absolute atomic E-state index is 13.1. The molecule has 4 fully saturated rings. The number of Topliss-reactive ketones (excluding diaryl/α,β-unsaturated/α-hetero) is 1. The number of ketones is 1. The van der Waals surface area contributed by atoms with Gasteiger partial charge in [-0.1, -0.05) is 13.8 Å². The van der Waals surface area contributed by atoms with Crippen molar-refractivity contribution in [2.45, 2.75) is 77.4 Å². The molecule has 0 unspecified atom stereocenters. The molecule has 3 heteroatoms. The van der Waals surface area contributed by atoms with Gasteiger partial charge in [-0.05, 0) is 68.1 Å². The number of rotatable bonds is 0. The van der Waals surface area contributed by atoms with Crippen molar-refractivity contribution in [1.82, 2.24) is 0 Å². The monoisotopic (exact) mass is 306 g/mol. The fourth-order valence-corrected chi connectivity index (χ4v) is 7.03. The van der Waals surface area contributed by atoms with E-state index < -0.39 is 0 Å². The average Bonchev–Trinajstić information content (AvgIpc) is 2.75. The maximum atomic E-state index is 13.1. The van der Waals surface area contributed by atoms with Crippen LogP contribution >= 0.6 is 0 Å². The highest BCUT2D eigenvalue weighted by Crippen LogP contribution is 2.65. The fraction of sp³-hybridized carbons (Fsp3) is 0.947. The molecule has 22 heavy (non-hydrogen) atoms. The van der Waals surface area contributed by atoms with E-state index in [0.29, 0.717) is 30.0 Å². The van der Waals surface area contributed by atoms with Gasteiger partial charge in [0.15, 0.2) is 0 Å². The first-order valence-electron chi connectivity index (χ1n) is 9.25. The summed E-state index contributed by atoms with van der Waals surface area (Å²) >= 11 is 0. The first-order valence-corrected chi connectivity index (χ1v) is 9.25. The van der Waals surface area contributed by atoms with Crippen LogP contribution in [0.4, 0.5) is 0 Å². The summed E-state index contributed by atoms with van der Waals surface area (Å²) < 4.78 is 0. The van der Waals surface area contributed by atoms with Crippen LogP contribution in [-0.4, -0.2) is 28.2 Å². The first kappa shape index (κ1) is 15.1. The van der Waals surface area contributed by atoms with E-state index in [2.05, 4.69) is 13.8 Å². The van der Waals surface area contributed by atoms with Crippen LogP contribution < -0.4 is 0 Å². The molecular formula is C19H30O3. The molecule has 8 atom stereocenters. The molecule has 4 aliphatic rings. The highest BCUT2D eigenvalue weighted by molar-refractivity contribution is 5.84. The Kier molecular flexibility index (Phi) is 3.30. The molecule has 4 rings (SSSR count). The normalized spacial score (nSPS) is 57.9. The summed E-state index contributed by atoms with van der Waals surface area (Å²) in [7, 11) is 0. The standard InChI is InChI=1S/C19H30O3/c1-18-8-7-12(20)9-11(18)3-4-13-14-5-6-16(22)19(14,2)10-15(21)17(13)18/h11-14,16-17,20,22H,3-10H2,1-2H3/t11-,12-,13-,14+,16-,17+,18-,19+/m0/s1. The lowest BCUT2D eigenvalue weighted by atomic mass is 9.45. The predicted molar refractivity (Wildman–Crippen MR) is 84.1 cm³/mol. The third-order valence-corrected chi connectivity index (χ3v) is 8.27. The largest absolute Gasteiger partial charge is 0.393 e. The van der Waals surface area contributed by atoms with Gasteiger partial charge in [0.25, 0.3) is 0 Å². The molecule has 4 saturated carbocycles. The van der Waals surface area contributed by atoms with Crippen LogP contribution in [0.15, 0.2) is 0 Å². The highest BCUT2D eigenvalue weighted by Gasteiger charge is 2.63. The molecule has 0 amide bonds. The van der Waals surface area contributed by atoms with Crippen LogP contribution in [0.3, 0.4) is 0 Å². The molecule has 4 aliphatic carbocycles.